The molecule has 0 fully saturated rings. The third-order valence-electron chi connectivity index (χ3n) is 2.61. The van der Waals surface area contributed by atoms with Crippen LogP contribution in [0.25, 0.3) is 10.9 Å². The van der Waals surface area contributed by atoms with Crippen molar-refractivity contribution in [1.29, 1.82) is 0 Å². The second-order valence-corrected chi connectivity index (χ2v) is 5.32. The fourth-order valence-corrected chi connectivity index (χ4v) is 1.86. The van der Waals surface area contributed by atoms with Crippen molar-refractivity contribution >= 4 is 17.0 Å². The molecule has 0 aliphatic heterocycles. The summed E-state index contributed by atoms with van der Waals surface area (Å²) >= 11 is 0. The van der Waals surface area contributed by atoms with Gasteiger partial charge in [-0.25, -0.2) is 9.18 Å². The molecule has 1 N–H and O–H groups in total. The summed E-state index contributed by atoms with van der Waals surface area (Å²) in [5.74, 6) is -0.445. The van der Waals surface area contributed by atoms with Crippen LogP contribution in [0.1, 0.15) is 40.2 Å². The normalized spacial score (nSPS) is 11.0. The minimum atomic E-state index is -0.639. The molecule has 21 heavy (non-hydrogen) atoms. The van der Waals surface area contributed by atoms with Crippen molar-refractivity contribution in [2.24, 2.45) is 0 Å². The van der Waals surface area contributed by atoms with Gasteiger partial charge in [-0.3, -0.25) is 4.57 Å². The topological polar surface area (TPSA) is 51.5 Å². The maximum absolute atomic E-state index is 13.3. The number of hydrogen-bond donors (Lipinski definition) is 1. The number of ether oxygens (including phenoxy) is 1. The molecule has 1 aromatic carbocycles. The van der Waals surface area contributed by atoms with Crippen molar-refractivity contribution in [2.75, 3.05) is 0 Å². The number of aliphatic hydroxyl groups excluding tert-OH is 1. The fourth-order valence-electron chi connectivity index (χ4n) is 1.86. The predicted octanol–water partition coefficient (Wildman–Crippen LogP) is 4.08. The number of halogens is 1. The minimum Gasteiger partial charge on any atom is -0.443 e. The summed E-state index contributed by atoms with van der Waals surface area (Å²) in [4.78, 5) is 12.1. The summed E-state index contributed by atoms with van der Waals surface area (Å²) in [7, 11) is 0. The Morgan fingerprint density at radius 3 is 2.48 bits per heavy atom. The van der Waals surface area contributed by atoms with Crippen LogP contribution in [0.15, 0.2) is 24.4 Å². The van der Waals surface area contributed by atoms with Gasteiger partial charge >= 0.3 is 6.09 Å². The van der Waals surface area contributed by atoms with Gasteiger partial charge in [0.2, 0.25) is 0 Å². The average molecular weight is 295 g/mol. The molecule has 0 saturated heterocycles. The van der Waals surface area contributed by atoms with E-state index in [0.717, 1.165) is 0 Å². The fraction of sp³-hybridized carbons (Fsp3) is 0.438. The highest BCUT2D eigenvalue weighted by atomic mass is 19.1. The molecule has 5 heteroatoms. The molecule has 1 aromatic heterocycles. The van der Waals surface area contributed by atoms with E-state index in [9.17, 15) is 14.3 Å². The van der Waals surface area contributed by atoms with Gasteiger partial charge in [-0.1, -0.05) is 13.8 Å². The van der Waals surface area contributed by atoms with E-state index in [2.05, 4.69) is 0 Å². The first-order chi connectivity index (χ1) is 9.81. The molecular formula is C16H22FNO3. The zero-order chi connectivity index (χ0) is 16.2. The van der Waals surface area contributed by atoms with Gasteiger partial charge in [0.15, 0.2) is 0 Å². The summed E-state index contributed by atoms with van der Waals surface area (Å²) in [6.07, 6.45) is 0.876. The zero-order valence-corrected chi connectivity index (χ0v) is 13.1. The Morgan fingerprint density at radius 2 is 1.95 bits per heavy atom. The van der Waals surface area contributed by atoms with E-state index in [0.29, 0.717) is 16.5 Å². The number of aliphatic hydroxyl groups is 1. The monoisotopic (exact) mass is 295 g/mol. The SMILES string of the molecule is CC.CC(C)(C)OC(=O)n1cc(CO)c2ccc(F)cc21. The van der Waals surface area contributed by atoms with Crippen LogP contribution in [0, 0.1) is 5.82 Å². The Kier molecular flexibility index (Phi) is 5.49. The van der Waals surface area contributed by atoms with Gasteiger partial charge in [0, 0.05) is 17.1 Å². The van der Waals surface area contributed by atoms with Crippen LogP contribution in [0.2, 0.25) is 0 Å². The van der Waals surface area contributed by atoms with E-state index in [-0.39, 0.29) is 6.61 Å². The third-order valence-corrected chi connectivity index (χ3v) is 2.61. The molecule has 0 aliphatic rings. The van der Waals surface area contributed by atoms with Crippen molar-refractivity contribution in [1.82, 2.24) is 4.57 Å². The lowest BCUT2D eigenvalue weighted by Gasteiger charge is -2.19. The Balaban J connectivity index is 0.00000106. The lowest BCUT2D eigenvalue weighted by Crippen LogP contribution is -2.26. The van der Waals surface area contributed by atoms with Gasteiger partial charge in [0.1, 0.15) is 11.4 Å². The number of fused-ring (bicyclic) bond motifs is 1. The first-order valence-corrected chi connectivity index (χ1v) is 6.95. The highest BCUT2D eigenvalue weighted by Gasteiger charge is 2.20. The van der Waals surface area contributed by atoms with E-state index in [1.807, 2.05) is 13.8 Å². The van der Waals surface area contributed by atoms with Crippen LogP contribution >= 0.6 is 0 Å². The number of carbonyl (C=O) groups is 1. The zero-order valence-electron chi connectivity index (χ0n) is 13.1. The molecule has 0 unspecified atom stereocenters. The van der Waals surface area contributed by atoms with Gasteiger partial charge in [0.25, 0.3) is 0 Å². The van der Waals surface area contributed by atoms with Crippen molar-refractivity contribution in [3.05, 3.63) is 35.8 Å². The van der Waals surface area contributed by atoms with E-state index in [1.54, 1.807) is 20.8 Å². The average Bonchev–Trinajstić information content (AvgIpc) is 2.77. The largest absolute Gasteiger partial charge is 0.443 e. The lowest BCUT2D eigenvalue weighted by atomic mass is 10.2. The molecule has 0 amide bonds. The van der Waals surface area contributed by atoms with E-state index >= 15 is 0 Å². The number of carbonyl (C=O) groups excluding carboxylic acids is 1. The number of hydrogen-bond acceptors (Lipinski definition) is 3. The lowest BCUT2D eigenvalue weighted by molar-refractivity contribution is 0.0544. The second kappa shape index (κ2) is 6.72. The highest BCUT2D eigenvalue weighted by Crippen LogP contribution is 2.23. The van der Waals surface area contributed by atoms with E-state index < -0.39 is 17.5 Å². The number of nitrogens with zero attached hydrogens (tertiary/aromatic N) is 1. The molecule has 0 aliphatic carbocycles. The van der Waals surface area contributed by atoms with Crippen molar-refractivity contribution in [3.63, 3.8) is 0 Å². The Hall–Kier alpha value is -1.88. The molecular weight excluding hydrogens is 273 g/mol. The van der Waals surface area contributed by atoms with Gasteiger partial charge in [-0.15, -0.1) is 0 Å². The summed E-state index contributed by atoms with van der Waals surface area (Å²) in [6.45, 7) is 9.04. The first-order valence-electron chi connectivity index (χ1n) is 6.95. The quantitative estimate of drug-likeness (QED) is 0.862. The van der Waals surface area contributed by atoms with Crippen molar-refractivity contribution in [3.8, 4) is 0 Å². The van der Waals surface area contributed by atoms with Crippen molar-refractivity contribution in [2.45, 2.75) is 46.8 Å². The molecule has 4 nitrogen and oxygen atoms in total. The number of aromatic nitrogens is 1. The van der Waals surface area contributed by atoms with Crippen LogP contribution in [-0.2, 0) is 11.3 Å². The smallest absolute Gasteiger partial charge is 0.419 e. The molecule has 0 saturated carbocycles. The van der Waals surface area contributed by atoms with Crippen LogP contribution in [0.5, 0.6) is 0 Å². The predicted molar refractivity (Wildman–Crippen MR) is 80.8 cm³/mol. The Morgan fingerprint density at radius 1 is 1.33 bits per heavy atom. The maximum atomic E-state index is 13.3. The van der Waals surface area contributed by atoms with Crippen LogP contribution in [0.3, 0.4) is 0 Å². The molecule has 0 radical (unpaired) electrons. The summed E-state index contributed by atoms with van der Waals surface area (Å²) in [6, 6.07) is 4.08. The van der Waals surface area contributed by atoms with Crippen LogP contribution in [0.4, 0.5) is 9.18 Å². The maximum Gasteiger partial charge on any atom is 0.419 e. The van der Waals surface area contributed by atoms with Gasteiger partial charge in [0.05, 0.1) is 12.1 Å². The van der Waals surface area contributed by atoms with Crippen LogP contribution < -0.4 is 0 Å². The Labute approximate surface area is 124 Å². The first kappa shape index (κ1) is 17.2. The van der Waals surface area contributed by atoms with Crippen molar-refractivity contribution < 1.29 is 19.0 Å². The summed E-state index contributed by atoms with van der Waals surface area (Å²) < 4.78 is 19.8. The Bertz CT molecular complexity index is 626. The minimum absolute atomic E-state index is 0.224. The molecule has 0 spiro atoms. The van der Waals surface area contributed by atoms with E-state index in [1.165, 1.54) is 29.0 Å². The molecule has 2 aromatic rings. The van der Waals surface area contributed by atoms with Crippen LogP contribution in [-0.4, -0.2) is 21.4 Å². The third kappa shape index (κ3) is 4.04. The number of rotatable bonds is 1. The molecule has 2 rings (SSSR count). The number of benzene rings is 1. The molecule has 1 heterocycles. The second-order valence-electron chi connectivity index (χ2n) is 5.32. The molecule has 0 atom stereocenters. The summed E-state index contributed by atoms with van der Waals surface area (Å²) in [5.41, 5.74) is 0.305. The standard InChI is InChI=1S/C14H16FNO3.C2H6/c1-14(2,3)19-13(18)16-7-9(8-17)11-5-4-10(15)6-12(11)16;1-2/h4-7,17H,8H2,1-3H3;1-2H3. The summed E-state index contributed by atoms with van der Waals surface area (Å²) in [5, 5.41) is 9.91. The van der Waals surface area contributed by atoms with Gasteiger partial charge in [-0.2, -0.15) is 0 Å². The van der Waals surface area contributed by atoms with Gasteiger partial charge in [-0.05, 0) is 39.0 Å². The molecule has 116 valence electrons. The molecule has 0 bridgehead atoms. The van der Waals surface area contributed by atoms with E-state index in [4.69, 9.17) is 4.74 Å². The van der Waals surface area contributed by atoms with Gasteiger partial charge < -0.3 is 9.84 Å². The highest BCUT2D eigenvalue weighted by molar-refractivity contribution is 5.92.